The van der Waals surface area contributed by atoms with E-state index in [1.165, 1.54) is 6.07 Å². The van der Waals surface area contributed by atoms with Crippen molar-refractivity contribution in [2.45, 2.75) is 0 Å². The molecule has 0 aromatic heterocycles. The molecule has 0 saturated carbocycles. The molecule has 0 aliphatic rings. The van der Waals surface area contributed by atoms with Crippen molar-refractivity contribution in [3.63, 3.8) is 0 Å². The van der Waals surface area contributed by atoms with E-state index >= 15 is 0 Å². The summed E-state index contributed by atoms with van der Waals surface area (Å²) in [5.41, 5.74) is -0.402. The Bertz CT molecular complexity index is 426. The molecule has 1 aromatic carbocycles. The summed E-state index contributed by atoms with van der Waals surface area (Å²) in [4.78, 5) is 11.1. The standard InChI is InChI=1S/C9H5BrFNO2/c1-14-9(13)8-5(4-12)6(10)2-3-7(8)11/h2-3H,1H3. The van der Waals surface area contributed by atoms with Gasteiger partial charge in [-0.3, -0.25) is 0 Å². The van der Waals surface area contributed by atoms with Crippen molar-refractivity contribution in [3.8, 4) is 6.07 Å². The number of carbonyl (C=O) groups is 1. The normalized spacial score (nSPS) is 9.29. The summed E-state index contributed by atoms with van der Waals surface area (Å²) >= 11 is 3.04. The molecule has 0 radical (unpaired) electrons. The summed E-state index contributed by atoms with van der Waals surface area (Å²) in [6.45, 7) is 0. The first kappa shape index (κ1) is 10.7. The van der Waals surface area contributed by atoms with E-state index in [1.807, 2.05) is 0 Å². The third-order valence-corrected chi connectivity index (χ3v) is 2.27. The number of hydrogen-bond acceptors (Lipinski definition) is 3. The molecule has 0 saturated heterocycles. The second-order valence-electron chi connectivity index (χ2n) is 2.38. The topological polar surface area (TPSA) is 50.1 Å². The van der Waals surface area contributed by atoms with Crippen LogP contribution in [0.5, 0.6) is 0 Å². The maximum Gasteiger partial charge on any atom is 0.342 e. The largest absolute Gasteiger partial charge is 0.465 e. The van der Waals surface area contributed by atoms with Gasteiger partial charge < -0.3 is 4.74 Å². The monoisotopic (exact) mass is 257 g/mol. The molecule has 0 heterocycles. The molecule has 0 aliphatic carbocycles. The van der Waals surface area contributed by atoms with Gasteiger partial charge in [0.15, 0.2) is 0 Å². The van der Waals surface area contributed by atoms with Crippen molar-refractivity contribution in [3.05, 3.63) is 33.5 Å². The van der Waals surface area contributed by atoms with E-state index in [0.29, 0.717) is 4.47 Å². The van der Waals surface area contributed by atoms with Crippen molar-refractivity contribution in [2.75, 3.05) is 7.11 Å². The molecule has 0 fully saturated rings. The van der Waals surface area contributed by atoms with Crippen LogP contribution in [0.15, 0.2) is 16.6 Å². The molecule has 0 N–H and O–H groups in total. The number of hydrogen-bond donors (Lipinski definition) is 0. The highest BCUT2D eigenvalue weighted by atomic mass is 79.9. The van der Waals surface area contributed by atoms with Crippen molar-refractivity contribution in [1.82, 2.24) is 0 Å². The van der Waals surface area contributed by atoms with Gasteiger partial charge in [-0.2, -0.15) is 5.26 Å². The zero-order chi connectivity index (χ0) is 10.7. The van der Waals surface area contributed by atoms with Crippen LogP contribution >= 0.6 is 15.9 Å². The first-order chi connectivity index (χ1) is 6.61. The van der Waals surface area contributed by atoms with Crippen LogP contribution in [-0.2, 0) is 4.74 Å². The van der Waals surface area contributed by atoms with Crippen LogP contribution in [0.25, 0.3) is 0 Å². The molecule has 0 spiro atoms. The third kappa shape index (κ3) is 1.75. The number of ether oxygens (including phenoxy) is 1. The predicted octanol–water partition coefficient (Wildman–Crippen LogP) is 2.25. The van der Waals surface area contributed by atoms with Crippen LogP contribution in [0, 0.1) is 17.1 Å². The Balaban J connectivity index is 3.47. The van der Waals surface area contributed by atoms with Gasteiger partial charge in [-0.25, -0.2) is 9.18 Å². The van der Waals surface area contributed by atoms with Gasteiger partial charge in [0.2, 0.25) is 0 Å². The van der Waals surface area contributed by atoms with Crippen molar-refractivity contribution < 1.29 is 13.9 Å². The van der Waals surface area contributed by atoms with E-state index < -0.39 is 11.8 Å². The maximum atomic E-state index is 13.2. The number of nitrogens with zero attached hydrogens (tertiary/aromatic N) is 1. The van der Waals surface area contributed by atoms with Crippen LogP contribution in [0.1, 0.15) is 15.9 Å². The zero-order valence-corrected chi connectivity index (χ0v) is 8.76. The smallest absolute Gasteiger partial charge is 0.342 e. The average molecular weight is 258 g/mol. The molecular formula is C9H5BrFNO2. The lowest BCUT2D eigenvalue weighted by atomic mass is 10.1. The molecule has 14 heavy (non-hydrogen) atoms. The van der Waals surface area contributed by atoms with Crippen LogP contribution in [0.2, 0.25) is 0 Å². The van der Waals surface area contributed by atoms with E-state index in [-0.39, 0.29) is 11.1 Å². The Kier molecular flexibility index (Phi) is 3.20. The average Bonchev–Trinajstić information content (AvgIpc) is 2.19. The molecule has 0 atom stereocenters. The van der Waals surface area contributed by atoms with Gasteiger partial charge in [0, 0.05) is 4.47 Å². The predicted molar refractivity (Wildman–Crippen MR) is 50.2 cm³/mol. The Hall–Kier alpha value is -1.41. The SMILES string of the molecule is COC(=O)c1c(F)ccc(Br)c1C#N. The summed E-state index contributed by atoms with van der Waals surface area (Å²) in [5, 5.41) is 8.71. The fraction of sp³-hybridized carbons (Fsp3) is 0.111. The molecule has 5 heteroatoms. The highest BCUT2D eigenvalue weighted by Crippen LogP contribution is 2.23. The number of esters is 1. The van der Waals surface area contributed by atoms with Gasteiger partial charge in [0.25, 0.3) is 0 Å². The molecule has 0 amide bonds. The van der Waals surface area contributed by atoms with E-state index in [1.54, 1.807) is 6.07 Å². The number of halogens is 2. The van der Waals surface area contributed by atoms with Gasteiger partial charge >= 0.3 is 5.97 Å². The summed E-state index contributed by atoms with van der Waals surface area (Å²) in [6, 6.07) is 4.19. The highest BCUT2D eigenvalue weighted by molar-refractivity contribution is 9.10. The van der Waals surface area contributed by atoms with Gasteiger partial charge in [-0.15, -0.1) is 0 Å². The summed E-state index contributed by atoms with van der Waals surface area (Å²) in [5.74, 6) is -1.63. The molecule has 0 aliphatic heterocycles. The van der Waals surface area contributed by atoms with Crippen LogP contribution in [0.3, 0.4) is 0 Å². The lowest BCUT2D eigenvalue weighted by Crippen LogP contribution is -2.07. The van der Waals surface area contributed by atoms with E-state index in [2.05, 4.69) is 20.7 Å². The zero-order valence-electron chi connectivity index (χ0n) is 7.17. The lowest BCUT2D eigenvalue weighted by Gasteiger charge is -2.04. The first-order valence-corrected chi connectivity index (χ1v) is 4.37. The second kappa shape index (κ2) is 4.20. The van der Waals surface area contributed by atoms with Gasteiger partial charge in [-0.1, -0.05) is 0 Å². The number of nitriles is 1. The maximum absolute atomic E-state index is 13.2. The summed E-state index contributed by atoms with van der Waals surface area (Å²) in [7, 11) is 1.13. The molecule has 1 aromatic rings. The molecular weight excluding hydrogens is 253 g/mol. The number of carbonyl (C=O) groups excluding carboxylic acids is 1. The van der Waals surface area contributed by atoms with E-state index in [4.69, 9.17) is 5.26 Å². The fourth-order valence-electron chi connectivity index (χ4n) is 0.963. The van der Waals surface area contributed by atoms with E-state index in [9.17, 15) is 9.18 Å². The third-order valence-electron chi connectivity index (χ3n) is 1.60. The Morgan fingerprint density at radius 3 is 2.79 bits per heavy atom. The van der Waals surface area contributed by atoms with Crippen LogP contribution in [-0.4, -0.2) is 13.1 Å². The minimum Gasteiger partial charge on any atom is -0.465 e. The molecule has 0 unspecified atom stereocenters. The van der Waals surface area contributed by atoms with Gasteiger partial charge in [-0.05, 0) is 28.1 Å². The van der Waals surface area contributed by atoms with Crippen molar-refractivity contribution in [1.29, 1.82) is 5.26 Å². The number of methoxy groups -OCH3 is 1. The number of benzene rings is 1. The van der Waals surface area contributed by atoms with Gasteiger partial charge in [0.1, 0.15) is 17.4 Å². The van der Waals surface area contributed by atoms with Crippen LogP contribution < -0.4 is 0 Å². The minimum absolute atomic E-state index is 0.0585. The molecule has 72 valence electrons. The van der Waals surface area contributed by atoms with Gasteiger partial charge in [0.05, 0.1) is 12.7 Å². The summed E-state index contributed by atoms with van der Waals surface area (Å²) in [6.07, 6.45) is 0. The second-order valence-corrected chi connectivity index (χ2v) is 3.24. The molecule has 0 bridgehead atoms. The molecule has 1 rings (SSSR count). The van der Waals surface area contributed by atoms with Crippen LogP contribution in [0.4, 0.5) is 4.39 Å². The van der Waals surface area contributed by atoms with Crippen molar-refractivity contribution >= 4 is 21.9 Å². The Morgan fingerprint density at radius 2 is 2.29 bits per heavy atom. The molecule has 3 nitrogen and oxygen atoms in total. The minimum atomic E-state index is -0.861. The van der Waals surface area contributed by atoms with E-state index in [0.717, 1.165) is 13.2 Å². The number of rotatable bonds is 1. The Morgan fingerprint density at radius 1 is 1.64 bits per heavy atom. The quantitative estimate of drug-likeness (QED) is 0.726. The fourth-order valence-corrected chi connectivity index (χ4v) is 1.38. The Labute approximate surface area is 88.2 Å². The first-order valence-electron chi connectivity index (χ1n) is 3.58. The lowest BCUT2D eigenvalue weighted by molar-refractivity contribution is 0.0595. The van der Waals surface area contributed by atoms with Crippen molar-refractivity contribution in [2.24, 2.45) is 0 Å². The highest BCUT2D eigenvalue weighted by Gasteiger charge is 2.19. The summed E-state index contributed by atoms with van der Waals surface area (Å²) < 4.78 is 17.9.